The van der Waals surface area contributed by atoms with Crippen LogP contribution in [0.5, 0.6) is 0 Å². The highest BCUT2D eigenvalue weighted by Crippen LogP contribution is 2.26. The van der Waals surface area contributed by atoms with Crippen molar-refractivity contribution in [2.45, 2.75) is 38.6 Å². The average Bonchev–Trinajstić information content (AvgIpc) is 2.74. The highest BCUT2D eigenvalue weighted by molar-refractivity contribution is 5.56. The van der Waals surface area contributed by atoms with Crippen molar-refractivity contribution in [2.24, 2.45) is 0 Å². The fourth-order valence-electron chi connectivity index (χ4n) is 2.37. The molecule has 0 atom stereocenters. The molecule has 0 amide bonds. The Morgan fingerprint density at radius 2 is 2.28 bits per heavy atom. The van der Waals surface area contributed by atoms with Crippen molar-refractivity contribution in [1.29, 1.82) is 5.26 Å². The van der Waals surface area contributed by atoms with E-state index in [2.05, 4.69) is 16.4 Å². The Labute approximate surface area is 108 Å². The van der Waals surface area contributed by atoms with Crippen LogP contribution < -0.4 is 5.32 Å². The van der Waals surface area contributed by atoms with Gasteiger partial charge in [-0.1, -0.05) is 0 Å². The van der Waals surface area contributed by atoms with E-state index in [4.69, 9.17) is 4.74 Å². The van der Waals surface area contributed by atoms with Crippen molar-refractivity contribution in [3.63, 3.8) is 0 Å². The summed E-state index contributed by atoms with van der Waals surface area (Å²) in [5.41, 5.74) is 2.74. The number of hydrogen-bond donors (Lipinski definition) is 1. The van der Waals surface area contributed by atoms with Gasteiger partial charge < -0.3 is 10.1 Å². The number of rotatable bonds is 4. The zero-order valence-corrected chi connectivity index (χ0v) is 11.2. The third-order valence-electron chi connectivity index (χ3n) is 3.13. The van der Waals surface area contributed by atoms with Crippen LogP contribution in [-0.2, 0) is 17.6 Å². The third-order valence-corrected chi connectivity index (χ3v) is 3.13. The molecule has 0 saturated carbocycles. The molecule has 0 radical (unpaired) electrons. The zero-order chi connectivity index (χ0) is 13.2. The Bertz CT molecular complexity index is 489. The number of aryl methyl sites for hydroxylation is 2. The van der Waals surface area contributed by atoms with E-state index in [1.807, 2.05) is 19.9 Å². The lowest BCUT2D eigenvalue weighted by molar-refractivity contribution is 0.158. The van der Waals surface area contributed by atoms with Gasteiger partial charge in [0.1, 0.15) is 11.9 Å². The predicted molar refractivity (Wildman–Crippen MR) is 70.6 cm³/mol. The quantitative estimate of drug-likeness (QED) is 0.884. The van der Waals surface area contributed by atoms with Gasteiger partial charge in [-0.15, -0.1) is 0 Å². The first-order valence-electron chi connectivity index (χ1n) is 6.26. The van der Waals surface area contributed by atoms with Gasteiger partial charge in [0.15, 0.2) is 0 Å². The summed E-state index contributed by atoms with van der Waals surface area (Å²) in [6.45, 7) is 4.63. The van der Waals surface area contributed by atoms with Crippen molar-refractivity contribution < 1.29 is 4.74 Å². The predicted octanol–water partition coefficient (Wildman–Crippen LogP) is 2.28. The number of ether oxygens (including phenoxy) is 1. The maximum absolute atomic E-state index is 9.22. The molecular weight excluding hydrogens is 226 g/mol. The Balaban J connectivity index is 2.30. The Kier molecular flexibility index (Phi) is 3.53. The topological polar surface area (TPSA) is 57.9 Å². The monoisotopic (exact) mass is 245 g/mol. The summed E-state index contributed by atoms with van der Waals surface area (Å²) in [5, 5.41) is 12.5. The highest BCUT2D eigenvalue weighted by atomic mass is 16.5. The van der Waals surface area contributed by atoms with Crippen LogP contribution in [0.4, 0.5) is 5.82 Å². The zero-order valence-electron chi connectivity index (χ0n) is 11.2. The number of nitriles is 1. The maximum atomic E-state index is 9.22. The minimum atomic E-state index is -0.236. The molecule has 1 aliphatic rings. The molecule has 1 aliphatic carbocycles. The van der Waals surface area contributed by atoms with Crippen LogP contribution in [-0.4, -0.2) is 24.2 Å². The van der Waals surface area contributed by atoms with Crippen molar-refractivity contribution in [3.8, 4) is 6.07 Å². The van der Waals surface area contributed by atoms with Gasteiger partial charge >= 0.3 is 0 Å². The van der Waals surface area contributed by atoms with E-state index in [9.17, 15) is 5.26 Å². The van der Waals surface area contributed by atoms with Gasteiger partial charge in [-0.2, -0.15) is 5.26 Å². The summed E-state index contributed by atoms with van der Waals surface area (Å²) in [5.74, 6) is 0.681. The molecule has 0 spiro atoms. The molecule has 1 heterocycles. The summed E-state index contributed by atoms with van der Waals surface area (Å²) >= 11 is 0. The number of nitrogens with zero attached hydrogens (tertiary/aromatic N) is 2. The number of fused-ring (bicyclic) bond motifs is 1. The fraction of sp³-hybridized carbons (Fsp3) is 0.571. The number of methoxy groups -OCH3 is 1. The van der Waals surface area contributed by atoms with Crippen LogP contribution in [0.25, 0.3) is 0 Å². The smallest absolute Gasteiger partial charge is 0.144 e. The maximum Gasteiger partial charge on any atom is 0.144 e. The summed E-state index contributed by atoms with van der Waals surface area (Å²) < 4.78 is 5.17. The van der Waals surface area contributed by atoms with Crippen LogP contribution in [0.15, 0.2) is 6.07 Å². The van der Waals surface area contributed by atoms with Crippen LogP contribution in [0.1, 0.15) is 37.1 Å². The first-order valence-corrected chi connectivity index (χ1v) is 6.26. The molecule has 1 aromatic heterocycles. The second-order valence-electron chi connectivity index (χ2n) is 5.40. The summed E-state index contributed by atoms with van der Waals surface area (Å²) in [7, 11) is 1.67. The van der Waals surface area contributed by atoms with Gasteiger partial charge in [-0.25, -0.2) is 4.98 Å². The third kappa shape index (κ3) is 2.62. The van der Waals surface area contributed by atoms with Gasteiger partial charge in [-0.3, -0.25) is 0 Å². The van der Waals surface area contributed by atoms with Gasteiger partial charge in [0.25, 0.3) is 0 Å². The second-order valence-corrected chi connectivity index (χ2v) is 5.40. The van der Waals surface area contributed by atoms with Crippen LogP contribution in [0.2, 0.25) is 0 Å². The molecular formula is C14H19N3O. The lowest BCUT2D eigenvalue weighted by Gasteiger charge is -2.26. The molecule has 0 aromatic carbocycles. The summed E-state index contributed by atoms with van der Waals surface area (Å²) in [6, 6.07) is 4.20. The lowest BCUT2D eigenvalue weighted by Crippen LogP contribution is -2.36. The Morgan fingerprint density at radius 1 is 1.50 bits per heavy atom. The molecule has 0 unspecified atom stereocenters. The summed E-state index contributed by atoms with van der Waals surface area (Å²) in [4.78, 5) is 4.60. The average molecular weight is 245 g/mol. The lowest BCUT2D eigenvalue weighted by atomic mass is 10.1. The Morgan fingerprint density at radius 3 is 2.94 bits per heavy atom. The van der Waals surface area contributed by atoms with E-state index in [0.717, 1.165) is 25.0 Å². The van der Waals surface area contributed by atoms with Crippen LogP contribution in [0.3, 0.4) is 0 Å². The van der Waals surface area contributed by atoms with E-state index in [-0.39, 0.29) is 5.54 Å². The van der Waals surface area contributed by atoms with E-state index in [1.54, 1.807) is 7.11 Å². The van der Waals surface area contributed by atoms with Gasteiger partial charge in [0.05, 0.1) is 17.7 Å². The molecule has 4 nitrogen and oxygen atoms in total. The van der Waals surface area contributed by atoms with Crippen LogP contribution in [0, 0.1) is 11.3 Å². The molecule has 0 saturated heterocycles. The van der Waals surface area contributed by atoms with E-state index in [0.29, 0.717) is 18.0 Å². The number of aromatic nitrogens is 1. The molecule has 1 N–H and O–H groups in total. The minimum Gasteiger partial charge on any atom is -0.382 e. The number of nitrogens with one attached hydrogen (secondary N) is 1. The van der Waals surface area contributed by atoms with Crippen molar-refractivity contribution >= 4 is 5.82 Å². The second kappa shape index (κ2) is 4.95. The largest absolute Gasteiger partial charge is 0.382 e. The normalized spacial score (nSPS) is 14.1. The molecule has 0 aliphatic heterocycles. The first kappa shape index (κ1) is 12.8. The SMILES string of the molecule is COCC(C)(C)Nc1nc2c(cc1C#N)CCC2. The molecule has 4 heteroatoms. The molecule has 1 aromatic rings. The molecule has 18 heavy (non-hydrogen) atoms. The standard InChI is InChI=1S/C14H19N3O/c1-14(2,9-18-3)17-13-11(8-15)7-10-5-4-6-12(10)16-13/h7H,4-6,9H2,1-3H3,(H,16,17). The van der Waals surface area contributed by atoms with Gasteiger partial charge in [0.2, 0.25) is 0 Å². The molecule has 2 rings (SSSR count). The molecule has 0 bridgehead atoms. The van der Waals surface area contributed by atoms with Crippen molar-refractivity contribution in [3.05, 3.63) is 22.9 Å². The fourth-order valence-corrected chi connectivity index (χ4v) is 2.37. The van der Waals surface area contributed by atoms with Gasteiger partial charge in [-0.05, 0) is 44.7 Å². The first-order chi connectivity index (χ1) is 8.55. The molecule has 0 fully saturated rings. The summed E-state index contributed by atoms with van der Waals surface area (Å²) in [6.07, 6.45) is 3.19. The van der Waals surface area contributed by atoms with Gasteiger partial charge in [0, 0.05) is 12.8 Å². The van der Waals surface area contributed by atoms with Crippen molar-refractivity contribution in [2.75, 3.05) is 19.0 Å². The highest BCUT2D eigenvalue weighted by Gasteiger charge is 2.22. The van der Waals surface area contributed by atoms with E-state index in [1.165, 1.54) is 5.56 Å². The van der Waals surface area contributed by atoms with Crippen LogP contribution >= 0.6 is 0 Å². The van der Waals surface area contributed by atoms with E-state index < -0.39 is 0 Å². The number of anilines is 1. The van der Waals surface area contributed by atoms with Crippen molar-refractivity contribution in [1.82, 2.24) is 4.98 Å². The Hall–Kier alpha value is -1.60. The minimum absolute atomic E-state index is 0.236. The molecule has 96 valence electrons. The van der Waals surface area contributed by atoms with E-state index >= 15 is 0 Å². The number of hydrogen-bond acceptors (Lipinski definition) is 4. The number of pyridine rings is 1.